The number of anilines is 1. The summed E-state index contributed by atoms with van der Waals surface area (Å²) in [7, 11) is 0. The van der Waals surface area contributed by atoms with Gasteiger partial charge < -0.3 is 10.2 Å². The van der Waals surface area contributed by atoms with Crippen molar-refractivity contribution in [3.05, 3.63) is 59.9 Å². The number of pyridine rings is 1. The lowest BCUT2D eigenvalue weighted by molar-refractivity contribution is 0.101. The van der Waals surface area contributed by atoms with E-state index >= 15 is 0 Å². The lowest BCUT2D eigenvalue weighted by atomic mass is 10.1. The number of nitrogens with one attached hydrogen (secondary N) is 1. The number of hydrogen-bond acceptors (Lipinski definition) is 3. The van der Waals surface area contributed by atoms with Crippen molar-refractivity contribution in [1.29, 1.82) is 0 Å². The molecule has 0 aliphatic carbocycles. The van der Waals surface area contributed by atoms with Crippen molar-refractivity contribution in [2.24, 2.45) is 0 Å². The van der Waals surface area contributed by atoms with Crippen LogP contribution in [0.15, 0.2) is 48.8 Å². The predicted molar refractivity (Wildman–Crippen MR) is 85.8 cm³/mol. The van der Waals surface area contributed by atoms with Gasteiger partial charge in [-0.05, 0) is 43.7 Å². The van der Waals surface area contributed by atoms with Crippen LogP contribution in [0.25, 0.3) is 0 Å². The number of amides is 2. The number of nitrogens with zero attached hydrogens (tertiary/aromatic N) is 2. The van der Waals surface area contributed by atoms with E-state index in [0.717, 1.165) is 5.56 Å². The fourth-order valence-corrected chi connectivity index (χ4v) is 2.05. The minimum absolute atomic E-state index is 0.0276. The Balaban J connectivity index is 2.06. The fourth-order valence-electron chi connectivity index (χ4n) is 2.05. The monoisotopic (exact) mass is 297 g/mol. The highest BCUT2D eigenvalue weighted by Crippen LogP contribution is 2.13. The van der Waals surface area contributed by atoms with Gasteiger partial charge in [-0.2, -0.15) is 0 Å². The molecule has 1 aromatic heterocycles. The largest absolute Gasteiger partial charge is 0.322 e. The number of aromatic nitrogens is 1. The smallest absolute Gasteiger partial charge is 0.320 e. The van der Waals surface area contributed by atoms with Gasteiger partial charge in [0.2, 0.25) is 0 Å². The van der Waals surface area contributed by atoms with Crippen LogP contribution in [0.2, 0.25) is 0 Å². The lowest BCUT2D eigenvalue weighted by Crippen LogP contribution is -2.34. The first-order valence-corrected chi connectivity index (χ1v) is 7.16. The summed E-state index contributed by atoms with van der Waals surface area (Å²) in [5.41, 5.74) is 2.21. The third-order valence-corrected chi connectivity index (χ3v) is 3.31. The molecule has 0 saturated heterocycles. The summed E-state index contributed by atoms with van der Waals surface area (Å²) < 4.78 is 0. The zero-order valence-corrected chi connectivity index (χ0v) is 12.7. The first-order valence-electron chi connectivity index (χ1n) is 7.16. The van der Waals surface area contributed by atoms with Gasteiger partial charge in [0.25, 0.3) is 0 Å². The van der Waals surface area contributed by atoms with Crippen molar-refractivity contribution < 1.29 is 9.59 Å². The Morgan fingerprint density at radius 1 is 1.18 bits per heavy atom. The Morgan fingerprint density at radius 2 is 1.91 bits per heavy atom. The minimum atomic E-state index is -0.194. The summed E-state index contributed by atoms with van der Waals surface area (Å²) in [4.78, 5) is 29.4. The summed E-state index contributed by atoms with van der Waals surface area (Å²) in [6.07, 6.45) is 3.41. The van der Waals surface area contributed by atoms with E-state index in [1.54, 1.807) is 41.6 Å². The van der Waals surface area contributed by atoms with E-state index in [1.165, 1.54) is 6.92 Å². The summed E-state index contributed by atoms with van der Waals surface area (Å²) in [5.74, 6) is -0.0276. The number of carbonyl (C=O) groups excluding carboxylic acids is 2. The molecule has 2 rings (SSSR count). The lowest BCUT2D eigenvalue weighted by Gasteiger charge is -2.21. The highest BCUT2D eigenvalue weighted by Gasteiger charge is 2.12. The SMILES string of the molecule is CCN(Cc1ccncc1)C(=O)Nc1cccc(C(C)=O)c1. The molecule has 0 bridgehead atoms. The second-order valence-electron chi connectivity index (χ2n) is 4.94. The van der Waals surface area contributed by atoms with Crippen molar-refractivity contribution in [3.8, 4) is 0 Å². The van der Waals surface area contributed by atoms with Gasteiger partial charge in [-0.25, -0.2) is 4.79 Å². The molecular formula is C17H19N3O2. The van der Waals surface area contributed by atoms with E-state index in [2.05, 4.69) is 10.3 Å². The van der Waals surface area contributed by atoms with E-state index in [9.17, 15) is 9.59 Å². The Kier molecular flexibility index (Phi) is 5.25. The minimum Gasteiger partial charge on any atom is -0.320 e. The van der Waals surface area contributed by atoms with Gasteiger partial charge in [0.1, 0.15) is 0 Å². The number of hydrogen-bond donors (Lipinski definition) is 1. The molecular weight excluding hydrogens is 278 g/mol. The van der Waals surface area contributed by atoms with E-state index in [4.69, 9.17) is 0 Å². The van der Waals surface area contributed by atoms with E-state index in [0.29, 0.717) is 24.3 Å². The van der Waals surface area contributed by atoms with Crippen molar-refractivity contribution in [3.63, 3.8) is 0 Å². The second kappa shape index (κ2) is 7.36. The highest BCUT2D eigenvalue weighted by atomic mass is 16.2. The van der Waals surface area contributed by atoms with Crippen LogP contribution < -0.4 is 5.32 Å². The van der Waals surface area contributed by atoms with Crippen LogP contribution in [0, 0.1) is 0 Å². The number of Topliss-reactive ketones (excluding diaryl/α,β-unsaturated/α-hetero) is 1. The maximum absolute atomic E-state index is 12.3. The van der Waals surface area contributed by atoms with Gasteiger partial charge in [0.05, 0.1) is 0 Å². The van der Waals surface area contributed by atoms with Crippen molar-refractivity contribution in [2.75, 3.05) is 11.9 Å². The molecule has 1 N–H and O–H groups in total. The molecule has 0 fully saturated rings. The summed E-state index contributed by atoms with van der Waals surface area (Å²) in [6, 6.07) is 10.5. The molecule has 0 radical (unpaired) electrons. The van der Waals surface area contributed by atoms with E-state index in [1.807, 2.05) is 19.1 Å². The molecule has 0 atom stereocenters. The van der Waals surface area contributed by atoms with Crippen molar-refractivity contribution >= 4 is 17.5 Å². The summed E-state index contributed by atoms with van der Waals surface area (Å²) >= 11 is 0. The van der Waals surface area contributed by atoms with Crippen LogP contribution in [0.4, 0.5) is 10.5 Å². The predicted octanol–water partition coefficient (Wildman–Crippen LogP) is 3.34. The average molecular weight is 297 g/mol. The highest BCUT2D eigenvalue weighted by molar-refractivity contribution is 5.96. The Bertz CT molecular complexity index is 656. The van der Waals surface area contributed by atoms with E-state index in [-0.39, 0.29) is 11.8 Å². The maximum Gasteiger partial charge on any atom is 0.322 e. The molecule has 5 heteroatoms. The van der Waals surface area contributed by atoms with Crippen LogP contribution in [0.3, 0.4) is 0 Å². The van der Waals surface area contributed by atoms with Gasteiger partial charge in [-0.1, -0.05) is 12.1 Å². The van der Waals surface area contributed by atoms with Crippen molar-refractivity contribution in [1.82, 2.24) is 9.88 Å². The zero-order valence-electron chi connectivity index (χ0n) is 12.7. The normalized spacial score (nSPS) is 10.1. The third-order valence-electron chi connectivity index (χ3n) is 3.31. The Morgan fingerprint density at radius 3 is 2.55 bits per heavy atom. The third kappa shape index (κ3) is 4.15. The zero-order chi connectivity index (χ0) is 15.9. The molecule has 0 unspecified atom stereocenters. The van der Waals surface area contributed by atoms with Crippen LogP contribution in [-0.2, 0) is 6.54 Å². The van der Waals surface area contributed by atoms with Crippen LogP contribution >= 0.6 is 0 Å². The topological polar surface area (TPSA) is 62.3 Å². The number of benzene rings is 1. The molecule has 0 saturated carbocycles. The van der Waals surface area contributed by atoms with Crippen LogP contribution in [-0.4, -0.2) is 28.2 Å². The Hall–Kier alpha value is -2.69. The van der Waals surface area contributed by atoms with Gasteiger partial charge >= 0.3 is 6.03 Å². The van der Waals surface area contributed by atoms with Gasteiger partial charge in [0, 0.05) is 36.7 Å². The standard InChI is InChI=1S/C17H19N3O2/c1-3-20(12-14-7-9-18-10-8-14)17(22)19-16-6-4-5-15(11-16)13(2)21/h4-11H,3,12H2,1-2H3,(H,19,22). The first kappa shape index (κ1) is 15.7. The van der Waals surface area contributed by atoms with Crippen molar-refractivity contribution in [2.45, 2.75) is 20.4 Å². The molecule has 1 aromatic carbocycles. The fraction of sp³-hybridized carbons (Fsp3) is 0.235. The number of carbonyl (C=O) groups is 2. The Labute approximate surface area is 130 Å². The average Bonchev–Trinajstić information content (AvgIpc) is 2.53. The maximum atomic E-state index is 12.3. The van der Waals surface area contributed by atoms with Gasteiger partial charge in [-0.3, -0.25) is 9.78 Å². The van der Waals surface area contributed by atoms with Gasteiger partial charge in [0.15, 0.2) is 5.78 Å². The molecule has 0 spiro atoms. The molecule has 22 heavy (non-hydrogen) atoms. The first-order chi connectivity index (χ1) is 10.6. The second-order valence-corrected chi connectivity index (χ2v) is 4.94. The number of rotatable bonds is 5. The van der Waals surface area contributed by atoms with Crippen LogP contribution in [0.5, 0.6) is 0 Å². The quantitative estimate of drug-likeness (QED) is 0.861. The van der Waals surface area contributed by atoms with E-state index < -0.39 is 0 Å². The molecule has 2 aromatic rings. The number of urea groups is 1. The molecule has 1 heterocycles. The van der Waals surface area contributed by atoms with Crippen LogP contribution in [0.1, 0.15) is 29.8 Å². The van der Waals surface area contributed by atoms with Gasteiger partial charge in [-0.15, -0.1) is 0 Å². The molecule has 2 amide bonds. The number of ketones is 1. The molecule has 5 nitrogen and oxygen atoms in total. The summed E-state index contributed by atoms with van der Waals surface area (Å²) in [6.45, 7) is 4.52. The molecule has 0 aliphatic heterocycles. The molecule has 0 aliphatic rings. The summed E-state index contributed by atoms with van der Waals surface area (Å²) in [5, 5.41) is 2.83. The molecule has 114 valence electrons.